The van der Waals surface area contributed by atoms with Gasteiger partial charge in [0.1, 0.15) is 0 Å². The summed E-state index contributed by atoms with van der Waals surface area (Å²) in [6, 6.07) is 5.14. The Balaban J connectivity index is 2.83. The smallest absolute Gasteiger partial charge is 0.414 e. The molecule has 0 fully saturated rings. The number of aryl methyl sites for hydroxylation is 1. The molecule has 1 heterocycles. The van der Waals surface area contributed by atoms with Crippen LogP contribution in [0.4, 0.5) is 0 Å². The lowest BCUT2D eigenvalue weighted by molar-refractivity contribution is 0.448. The van der Waals surface area contributed by atoms with Crippen molar-refractivity contribution in [3.63, 3.8) is 0 Å². The first-order valence-electron chi connectivity index (χ1n) is 4.27. The summed E-state index contributed by atoms with van der Waals surface area (Å²) in [6.45, 7) is 1.98. The zero-order valence-electron chi connectivity index (χ0n) is 7.57. The summed E-state index contributed by atoms with van der Waals surface area (Å²) in [5.41, 5.74) is -0.303. The summed E-state index contributed by atoms with van der Waals surface area (Å²) >= 11 is 0. The van der Waals surface area contributed by atoms with E-state index < -0.39 is 11.3 Å². The molecule has 0 N–H and O–H groups in total. The molecule has 0 aliphatic carbocycles. The second kappa shape index (κ2) is 3.14. The Morgan fingerprint density at radius 2 is 1.71 bits per heavy atom. The van der Waals surface area contributed by atoms with Gasteiger partial charge in [0.15, 0.2) is 11.2 Å². The number of hydrogen-bond acceptors (Lipinski definition) is 4. The van der Waals surface area contributed by atoms with E-state index in [-0.39, 0.29) is 0 Å². The molecule has 4 nitrogen and oxygen atoms in total. The first-order chi connectivity index (χ1) is 6.70. The van der Waals surface area contributed by atoms with Crippen LogP contribution in [0.2, 0.25) is 0 Å². The monoisotopic (exact) mass is 192 g/mol. The van der Waals surface area contributed by atoms with E-state index in [1.807, 2.05) is 13.0 Å². The van der Waals surface area contributed by atoms with E-state index in [0.29, 0.717) is 11.2 Å². The van der Waals surface area contributed by atoms with E-state index in [9.17, 15) is 9.59 Å². The van der Waals surface area contributed by atoms with Crippen molar-refractivity contribution in [2.75, 3.05) is 0 Å². The van der Waals surface area contributed by atoms with Gasteiger partial charge in [0, 0.05) is 0 Å². The molecule has 0 atom stereocenters. The summed E-state index contributed by atoms with van der Waals surface area (Å²) in [6.07, 6.45) is 0.832. The van der Waals surface area contributed by atoms with Gasteiger partial charge < -0.3 is 8.83 Å². The fraction of sp³-hybridized carbons (Fsp3) is 0.200. The third-order valence-electron chi connectivity index (χ3n) is 1.99. The topological polar surface area (TPSA) is 60.4 Å². The predicted molar refractivity (Wildman–Crippen MR) is 50.4 cm³/mol. The van der Waals surface area contributed by atoms with Crippen LogP contribution < -0.4 is 11.3 Å². The third kappa shape index (κ3) is 1.35. The molecule has 0 aliphatic rings. The molecule has 0 unspecified atom stereocenters. The summed E-state index contributed by atoms with van der Waals surface area (Å²) in [5.74, 6) is 0. The van der Waals surface area contributed by atoms with Gasteiger partial charge in [-0.3, -0.25) is 0 Å². The van der Waals surface area contributed by atoms with Crippen molar-refractivity contribution in [3.05, 3.63) is 44.6 Å². The maximum Gasteiger partial charge on any atom is 0.423 e. The molecular weight excluding hydrogens is 184 g/mol. The van der Waals surface area contributed by atoms with Gasteiger partial charge in [0.25, 0.3) is 0 Å². The van der Waals surface area contributed by atoms with Crippen molar-refractivity contribution in [1.82, 2.24) is 0 Å². The first-order valence-corrected chi connectivity index (χ1v) is 4.27. The number of benzene rings is 1. The van der Waals surface area contributed by atoms with E-state index in [1.54, 1.807) is 12.1 Å². The van der Waals surface area contributed by atoms with Gasteiger partial charge >= 0.3 is 11.3 Å². The molecule has 0 aliphatic heterocycles. The molecule has 0 bridgehead atoms. The summed E-state index contributed by atoms with van der Waals surface area (Å²) in [4.78, 5) is 21.7. The molecule has 2 rings (SSSR count). The SMILES string of the molecule is CCc1ccc2oc(=O)c(=O)oc2c1. The quantitative estimate of drug-likeness (QED) is 0.639. The van der Waals surface area contributed by atoms with Crippen molar-refractivity contribution >= 4 is 11.2 Å². The molecule has 14 heavy (non-hydrogen) atoms. The van der Waals surface area contributed by atoms with Gasteiger partial charge in [-0.25, -0.2) is 9.59 Å². The Morgan fingerprint density at radius 1 is 1.07 bits per heavy atom. The summed E-state index contributed by atoms with van der Waals surface area (Å²) in [7, 11) is 0. The Morgan fingerprint density at radius 3 is 2.36 bits per heavy atom. The van der Waals surface area contributed by atoms with Crippen LogP contribution in [-0.2, 0) is 6.42 Å². The maximum atomic E-state index is 10.9. The molecule has 1 aromatic heterocycles. The van der Waals surface area contributed by atoms with Crippen LogP contribution in [-0.4, -0.2) is 0 Å². The zero-order valence-corrected chi connectivity index (χ0v) is 7.57. The van der Waals surface area contributed by atoms with Gasteiger partial charge in [-0.2, -0.15) is 0 Å². The van der Waals surface area contributed by atoms with Gasteiger partial charge in [-0.1, -0.05) is 13.0 Å². The van der Waals surface area contributed by atoms with Gasteiger partial charge in [0.05, 0.1) is 0 Å². The van der Waals surface area contributed by atoms with Crippen molar-refractivity contribution in [1.29, 1.82) is 0 Å². The van der Waals surface area contributed by atoms with Crippen molar-refractivity contribution in [2.45, 2.75) is 13.3 Å². The highest BCUT2D eigenvalue weighted by Crippen LogP contribution is 2.12. The van der Waals surface area contributed by atoms with E-state index in [4.69, 9.17) is 8.83 Å². The molecule has 0 spiro atoms. The zero-order chi connectivity index (χ0) is 10.1. The Kier molecular flexibility index (Phi) is 1.96. The molecule has 0 amide bonds. The molecule has 0 saturated heterocycles. The van der Waals surface area contributed by atoms with Crippen molar-refractivity contribution in [3.8, 4) is 0 Å². The molecule has 0 radical (unpaired) electrons. The molecular formula is C10H8O4. The third-order valence-corrected chi connectivity index (χ3v) is 1.99. The minimum atomic E-state index is -0.971. The van der Waals surface area contributed by atoms with E-state index in [1.165, 1.54) is 0 Å². The van der Waals surface area contributed by atoms with Crippen LogP contribution in [0.25, 0.3) is 11.2 Å². The van der Waals surface area contributed by atoms with Gasteiger partial charge in [-0.05, 0) is 24.1 Å². The largest absolute Gasteiger partial charge is 0.423 e. The van der Waals surface area contributed by atoms with E-state index in [0.717, 1.165) is 12.0 Å². The van der Waals surface area contributed by atoms with Crippen molar-refractivity contribution < 1.29 is 8.83 Å². The highest BCUT2D eigenvalue weighted by atomic mass is 16.5. The highest BCUT2D eigenvalue weighted by Gasteiger charge is 2.04. The normalized spacial score (nSPS) is 10.6. The molecule has 72 valence electrons. The van der Waals surface area contributed by atoms with E-state index >= 15 is 0 Å². The molecule has 1 aromatic carbocycles. The average molecular weight is 192 g/mol. The van der Waals surface area contributed by atoms with Crippen LogP contribution in [0.15, 0.2) is 36.6 Å². The minimum Gasteiger partial charge on any atom is -0.414 e. The molecule has 0 saturated carbocycles. The lowest BCUT2D eigenvalue weighted by atomic mass is 10.2. The number of hydrogen-bond donors (Lipinski definition) is 0. The fourth-order valence-corrected chi connectivity index (χ4v) is 1.22. The molecule has 4 heteroatoms. The van der Waals surface area contributed by atoms with Gasteiger partial charge in [-0.15, -0.1) is 0 Å². The lowest BCUT2D eigenvalue weighted by Crippen LogP contribution is -2.20. The number of rotatable bonds is 1. The van der Waals surface area contributed by atoms with Crippen LogP contribution in [0.5, 0.6) is 0 Å². The lowest BCUT2D eigenvalue weighted by Gasteiger charge is -1.97. The molecule has 2 aromatic rings. The van der Waals surface area contributed by atoms with Crippen LogP contribution >= 0.6 is 0 Å². The second-order valence-electron chi connectivity index (χ2n) is 2.91. The first kappa shape index (κ1) is 8.74. The Labute approximate surface area is 78.8 Å². The van der Waals surface area contributed by atoms with Crippen LogP contribution in [0.3, 0.4) is 0 Å². The summed E-state index contributed by atoms with van der Waals surface area (Å²) < 4.78 is 9.50. The standard InChI is InChI=1S/C10H8O4/c1-2-6-3-4-7-8(5-6)14-10(12)9(11)13-7/h3-5H,2H2,1H3. The van der Waals surface area contributed by atoms with E-state index in [2.05, 4.69) is 0 Å². The maximum absolute atomic E-state index is 10.9. The van der Waals surface area contributed by atoms with Gasteiger partial charge in [0.2, 0.25) is 0 Å². The summed E-state index contributed by atoms with van der Waals surface area (Å²) in [5, 5.41) is 0. The highest BCUT2D eigenvalue weighted by molar-refractivity contribution is 5.69. The number of fused-ring (bicyclic) bond motifs is 1. The Hall–Kier alpha value is -1.84. The van der Waals surface area contributed by atoms with Crippen LogP contribution in [0, 0.1) is 0 Å². The average Bonchev–Trinajstić information content (AvgIpc) is 2.19. The van der Waals surface area contributed by atoms with Crippen LogP contribution in [0.1, 0.15) is 12.5 Å². The van der Waals surface area contributed by atoms with Crippen molar-refractivity contribution in [2.24, 2.45) is 0 Å². The predicted octanol–water partition coefficient (Wildman–Crippen LogP) is 1.31. The minimum absolute atomic E-state index is 0.298. The second-order valence-corrected chi connectivity index (χ2v) is 2.91. The Bertz CT molecular complexity index is 576. The fourth-order valence-electron chi connectivity index (χ4n) is 1.22.